The standard InChI is InChI=1S/C15H27NO/c1-4-10-16(11-5-2)12-15(13-17)8-6-14(3)7-9-15/h4-5,14,17H,1-2,6-13H2,3H3. The third kappa shape index (κ3) is 4.29. The smallest absolute Gasteiger partial charge is 0.0499 e. The number of hydrogen-bond acceptors (Lipinski definition) is 2. The molecule has 1 fully saturated rings. The van der Waals surface area contributed by atoms with Crippen molar-refractivity contribution >= 4 is 0 Å². The van der Waals surface area contributed by atoms with Crippen molar-refractivity contribution in [2.45, 2.75) is 32.6 Å². The second kappa shape index (κ2) is 6.97. The molecule has 17 heavy (non-hydrogen) atoms. The van der Waals surface area contributed by atoms with E-state index in [2.05, 4.69) is 25.0 Å². The number of nitrogens with zero attached hydrogens (tertiary/aromatic N) is 1. The van der Waals surface area contributed by atoms with Crippen molar-refractivity contribution in [3.8, 4) is 0 Å². The largest absolute Gasteiger partial charge is 0.396 e. The Bertz CT molecular complexity index is 231. The molecule has 0 saturated heterocycles. The van der Waals surface area contributed by atoms with Crippen LogP contribution in [-0.4, -0.2) is 36.2 Å². The second-order valence-electron chi connectivity index (χ2n) is 5.61. The Labute approximate surface area is 106 Å². The summed E-state index contributed by atoms with van der Waals surface area (Å²) < 4.78 is 0. The van der Waals surface area contributed by atoms with Gasteiger partial charge in [0.15, 0.2) is 0 Å². The molecule has 98 valence electrons. The van der Waals surface area contributed by atoms with E-state index < -0.39 is 0 Å². The van der Waals surface area contributed by atoms with E-state index in [1.165, 1.54) is 12.8 Å². The molecule has 0 amide bonds. The number of aliphatic hydroxyl groups excluding tert-OH is 1. The molecule has 1 N–H and O–H groups in total. The van der Waals surface area contributed by atoms with Crippen molar-refractivity contribution in [1.29, 1.82) is 0 Å². The third-order valence-corrected chi connectivity index (χ3v) is 4.00. The molecule has 0 aromatic heterocycles. The molecule has 1 aliphatic carbocycles. The predicted molar refractivity (Wildman–Crippen MR) is 74.0 cm³/mol. The molecular formula is C15H27NO. The summed E-state index contributed by atoms with van der Waals surface area (Å²) in [6.45, 7) is 12.9. The Kier molecular flexibility index (Phi) is 5.93. The molecule has 1 aliphatic rings. The van der Waals surface area contributed by atoms with Crippen molar-refractivity contribution in [3.05, 3.63) is 25.3 Å². The van der Waals surface area contributed by atoms with Gasteiger partial charge in [-0.3, -0.25) is 4.90 Å². The monoisotopic (exact) mass is 237 g/mol. The van der Waals surface area contributed by atoms with Crippen LogP contribution in [0.5, 0.6) is 0 Å². The van der Waals surface area contributed by atoms with Gasteiger partial charge in [0.25, 0.3) is 0 Å². The van der Waals surface area contributed by atoms with Gasteiger partial charge in [-0.15, -0.1) is 13.2 Å². The zero-order chi connectivity index (χ0) is 12.7. The van der Waals surface area contributed by atoms with E-state index in [0.29, 0.717) is 6.61 Å². The van der Waals surface area contributed by atoms with Crippen molar-refractivity contribution in [3.63, 3.8) is 0 Å². The molecule has 0 aromatic rings. The molecule has 1 rings (SSSR count). The first-order valence-electron chi connectivity index (χ1n) is 6.71. The van der Waals surface area contributed by atoms with Crippen LogP contribution < -0.4 is 0 Å². The maximum Gasteiger partial charge on any atom is 0.0499 e. The van der Waals surface area contributed by atoms with Gasteiger partial charge in [-0.25, -0.2) is 0 Å². The number of rotatable bonds is 7. The van der Waals surface area contributed by atoms with E-state index in [1.54, 1.807) is 0 Å². The fourth-order valence-electron chi connectivity index (χ4n) is 2.78. The van der Waals surface area contributed by atoms with Crippen LogP contribution in [0.25, 0.3) is 0 Å². The van der Waals surface area contributed by atoms with Crippen LogP contribution in [0.3, 0.4) is 0 Å². The van der Waals surface area contributed by atoms with Gasteiger partial charge < -0.3 is 5.11 Å². The summed E-state index contributed by atoms with van der Waals surface area (Å²) in [5, 5.41) is 9.73. The first-order chi connectivity index (χ1) is 8.15. The third-order valence-electron chi connectivity index (χ3n) is 4.00. The molecule has 2 heteroatoms. The highest BCUT2D eigenvalue weighted by Crippen LogP contribution is 2.39. The highest BCUT2D eigenvalue weighted by molar-refractivity contribution is 4.90. The Morgan fingerprint density at radius 3 is 2.18 bits per heavy atom. The molecule has 2 nitrogen and oxygen atoms in total. The van der Waals surface area contributed by atoms with Crippen LogP contribution in [0.1, 0.15) is 32.6 Å². The predicted octanol–water partition coefficient (Wildman–Crippen LogP) is 2.85. The molecule has 0 radical (unpaired) electrons. The van der Waals surface area contributed by atoms with E-state index >= 15 is 0 Å². The SMILES string of the molecule is C=CCN(CC=C)CC1(CO)CCC(C)CC1. The topological polar surface area (TPSA) is 23.5 Å². The van der Waals surface area contributed by atoms with Gasteiger partial charge in [0, 0.05) is 31.7 Å². The van der Waals surface area contributed by atoms with E-state index in [1.807, 2.05) is 12.2 Å². The van der Waals surface area contributed by atoms with Crippen LogP contribution in [0.15, 0.2) is 25.3 Å². The van der Waals surface area contributed by atoms with Crippen LogP contribution in [-0.2, 0) is 0 Å². The molecule has 0 atom stereocenters. The first kappa shape index (κ1) is 14.5. The molecule has 0 bridgehead atoms. The maximum absolute atomic E-state index is 9.73. The van der Waals surface area contributed by atoms with Gasteiger partial charge in [0.05, 0.1) is 0 Å². The van der Waals surface area contributed by atoms with Crippen LogP contribution in [0, 0.1) is 11.3 Å². The van der Waals surface area contributed by atoms with Crippen LogP contribution in [0.4, 0.5) is 0 Å². The van der Waals surface area contributed by atoms with Crippen LogP contribution >= 0.6 is 0 Å². The van der Waals surface area contributed by atoms with Crippen molar-refractivity contribution in [2.75, 3.05) is 26.2 Å². The van der Waals surface area contributed by atoms with Crippen LogP contribution in [0.2, 0.25) is 0 Å². The Morgan fingerprint density at radius 1 is 1.24 bits per heavy atom. The summed E-state index contributed by atoms with van der Waals surface area (Å²) in [6.07, 6.45) is 8.65. The van der Waals surface area contributed by atoms with Gasteiger partial charge in [0.2, 0.25) is 0 Å². The Balaban J connectivity index is 2.59. The van der Waals surface area contributed by atoms with E-state index in [-0.39, 0.29) is 5.41 Å². The lowest BCUT2D eigenvalue weighted by molar-refractivity contribution is 0.0357. The van der Waals surface area contributed by atoms with Gasteiger partial charge >= 0.3 is 0 Å². The minimum atomic E-state index is 0.110. The van der Waals surface area contributed by atoms with Gasteiger partial charge in [-0.05, 0) is 18.8 Å². The zero-order valence-electron chi connectivity index (χ0n) is 11.2. The Hall–Kier alpha value is -0.600. The lowest BCUT2D eigenvalue weighted by Gasteiger charge is -2.41. The molecule has 0 aliphatic heterocycles. The highest BCUT2D eigenvalue weighted by Gasteiger charge is 2.34. The quantitative estimate of drug-likeness (QED) is 0.688. The number of aliphatic hydroxyl groups is 1. The summed E-state index contributed by atoms with van der Waals surface area (Å²) >= 11 is 0. The molecule has 0 spiro atoms. The van der Waals surface area contributed by atoms with Crippen molar-refractivity contribution in [2.24, 2.45) is 11.3 Å². The van der Waals surface area contributed by atoms with E-state index in [0.717, 1.165) is 38.4 Å². The Morgan fingerprint density at radius 2 is 1.76 bits per heavy atom. The average Bonchev–Trinajstić information content (AvgIpc) is 2.33. The van der Waals surface area contributed by atoms with Crippen molar-refractivity contribution < 1.29 is 5.11 Å². The normalized spacial score (nSPS) is 29.2. The average molecular weight is 237 g/mol. The molecular weight excluding hydrogens is 210 g/mol. The molecule has 0 unspecified atom stereocenters. The van der Waals surface area contributed by atoms with Gasteiger partial charge in [-0.1, -0.05) is 31.9 Å². The molecule has 0 heterocycles. The van der Waals surface area contributed by atoms with Crippen molar-refractivity contribution in [1.82, 2.24) is 4.90 Å². The second-order valence-corrected chi connectivity index (χ2v) is 5.61. The van der Waals surface area contributed by atoms with E-state index in [9.17, 15) is 5.11 Å². The maximum atomic E-state index is 9.73. The summed E-state index contributed by atoms with van der Waals surface area (Å²) in [6, 6.07) is 0. The summed E-state index contributed by atoms with van der Waals surface area (Å²) in [5.41, 5.74) is 0.110. The van der Waals surface area contributed by atoms with E-state index in [4.69, 9.17) is 0 Å². The summed E-state index contributed by atoms with van der Waals surface area (Å²) in [4.78, 5) is 2.33. The lowest BCUT2D eigenvalue weighted by atomic mass is 9.71. The van der Waals surface area contributed by atoms with Gasteiger partial charge in [0.1, 0.15) is 0 Å². The highest BCUT2D eigenvalue weighted by atomic mass is 16.3. The fraction of sp³-hybridized carbons (Fsp3) is 0.733. The zero-order valence-corrected chi connectivity index (χ0v) is 11.2. The minimum absolute atomic E-state index is 0.110. The summed E-state index contributed by atoms with van der Waals surface area (Å²) in [5.74, 6) is 0.821. The lowest BCUT2D eigenvalue weighted by Crippen LogP contribution is -2.42. The summed E-state index contributed by atoms with van der Waals surface area (Å²) in [7, 11) is 0. The molecule has 1 saturated carbocycles. The molecule has 0 aromatic carbocycles. The fourth-order valence-corrected chi connectivity index (χ4v) is 2.78. The first-order valence-corrected chi connectivity index (χ1v) is 6.71. The minimum Gasteiger partial charge on any atom is -0.396 e. The number of hydrogen-bond donors (Lipinski definition) is 1. The van der Waals surface area contributed by atoms with Gasteiger partial charge in [-0.2, -0.15) is 0 Å².